The molecule has 0 saturated heterocycles. The van der Waals surface area contributed by atoms with Gasteiger partial charge < -0.3 is 10.2 Å². The summed E-state index contributed by atoms with van der Waals surface area (Å²) in [4.78, 5) is 24.6. The Morgan fingerprint density at radius 3 is 2.69 bits per heavy atom. The molecule has 4 aromatic rings. The molecule has 1 aromatic carbocycles. The summed E-state index contributed by atoms with van der Waals surface area (Å²) in [5.41, 5.74) is 4.00. The quantitative estimate of drug-likeness (QED) is 0.335. The third-order valence-electron chi connectivity index (χ3n) is 6.88. The molecule has 7 nitrogen and oxygen atoms in total. The maximum absolute atomic E-state index is 13.6. The van der Waals surface area contributed by atoms with Gasteiger partial charge in [0.1, 0.15) is 19.3 Å². The highest BCUT2D eigenvalue weighted by atomic mass is 16.2. The van der Waals surface area contributed by atoms with Crippen molar-refractivity contribution >= 4 is 30.7 Å². The van der Waals surface area contributed by atoms with Gasteiger partial charge in [-0.1, -0.05) is 43.3 Å². The summed E-state index contributed by atoms with van der Waals surface area (Å²) < 4.78 is 1.73. The summed E-state index contributed by atoms with van der Waals surface area (Å²) in [6.45, 7) is 4.22. The van der Waals surface area contributed by atoms with Gasteiger partial charge in [0, 0.05) is 50.0 Å². The summed E-state index contributed by atoms with van der Waals surface area (Å²) >= 11 is 0. The lowest BCUT2D eigenvalue weighted by atomic mass is 9.94. The molecular formula is C28H31BN6O. The fraction of sp³-hybridized carbons (Fsp3) is 0.357. The van der Waals surface area contributed by atoms with Gasteiger partial charge in [-0.25, -0.2) is 4.98 Å². The van der Waals surface area contributed by atoms with Gasteiger partial charge in [-0.15, -0.1) is 0 Å². The first-order valence-electron chi connectivity index (χ1n) is 12.7. The number of carbonyl (C=O) groups is 1. The number of rotatable bonds is 11. The highest BCUT2D eigenvalue weighted by Gasteiger charge is 2.52. The number of anilines is 1. The molecule has 2 radical (unpaired) electrons. The van der Waals surface area contributed by atoms with E-state index in [0.29, 0.717) is 24.2 Å². The molecular weight excluding hydrogens is 447 g/mol. The first-order chi connectivity index (χ1) is 17.6. The zero-order chi connectivity index (χ0) is 25.0. The number of aryl methyl sites for hydroxylation is 1. The third kappa shape index (κ3) is 4.99. The molecule has 1 fully saturated rings. The second kappa shape index (κ2) is 10.5. The maximum Gasteiger partial charge on any atom is 0.233 e. The van der Waals surface area contributed by atoms with Crippen LogP contribution in [0, 0.1) is 0 Å². The van der Waals surface area contributed by atoms with E-state index < -0.39 is 0 Å². The van der Waals surface area contributed by atoms with Gasteiger partial charge in [0.05, 0.1) is 5.41 Å². The standard InChI is InChI=1S/C28H31BN6O/c1-2-15-34(27(36)28(12-13-28)22-9-4-3-5-10-22)16-7-11-23-17-25(31-19-21-8-6-14-30-18-21)35-26(33-23)24(29)20-32-35/h3-6,8-10,14,17-18,20,31H,2,7,11-13,15-16,19H2,1H3. The van der Waals surface area contributed by atoms with Gasteiger partial charge in [-0.3, -0.25) is 9.78 Å². The number of aromatic nitrogens is 4. The van der Waals surface area contributed by atoms with E-state index in [2.05, 4.69) is 34.5 Å². The van der Waals surface area contributed by atoms with Crippen molar-refractivity contribution in [2.45, 2.75) is 51.0 Å². The summed E-state index contributed by atoms with van der Waals surface area (Å²) in [5.74, 6) is 1.09. The molecule has 1 aliphatic carbocycles. The summed E-state index contributed by atoms with van der Waals surface area (Å²) in [6, 6.07) is 16.2. The van der Waals surface area contributed by atoms with Crippen LogP contribution < -0.4 is 10.8 Å². The van der Waals surface area contributed by atoms with Crippen molar-refractivity contribution in [2.75, 3.05) is 18.4 Å². The van der Waals surface area contributed by atoms with Gasteiger partial charge in [0.15, 0.2) is 0 Å². The van der Waals surface area contributed by atoms with E-state index >= 15 is 0 Å². The van der Waals surface area contributed by atoms with Gasteiger partial charge in [0.25, 0.3) is 0 Å². The van der Waals surface area contributed by atoms with E-state index in [1.54, 1.807) is 16.9 Å². The molecule has 0 aliphatic heterocycles. The van der Waals surface area contributed by atoms with Crippen LogP contribution in [0.2, 0.25) is 0 Å². The molecule has 1 aliphatic rings. The predicted molar refractivity (Wildman–Crippen MR) is 142 cm³/mol. The normalized spacial score (nSPS) is 14.0. The molecule has 0 bridgehead atoms. The highest BCUT2D eigenvalue weighted by molar-refractivity contribution is 6.36. The van der Waals surface area contributed by atoms with E-state index in [1.807, 2.05) is 47.5 Å². The van der Waals surface area contributed by atoms with Gasteiger partial charge >= 0.3 is 0 Å². The van der Waals surface area contributed by atoms with Crippen LogP contribution in [0.1, 0.15) is 49.4 Å². The number of nitrogens with zero attached hydrogens (tertiary/aromatic N) is 5. The van der Waals surface area contributed by atoms with Gasteiger partial charge in [-0.2, -0.15) is 9.61 Å². The van der Waals surface area contributed by atoms with E-state index in [1.165, 1.54) is 0 Å². The summed E-state index contributed by atoms with van der Waals surface area (Å²) in [5, 5.41) is 7.83. The first kappa shape index (κ1) is 24.0. The minimum absolute atomic E-state index is 0.262. The van der Waals surface area contributed by atoms with Crippen molar-refractivity contribution in [2.24, 2.45) is 0 Å². The van der Waals surface area contributed by atoms with Gasteiger partial charge in [-0.05, 0) is 54.8 Å². The number of hydrogen-bond acceptors (Lipinski definition) is 5. The first-order valence-corrected chi connectivity index (χ1v) is 12.7. The number of pyridine rings is 1. The van der Waals surface area contributed by atoms with Crippen molar-refractivity contribution in [3.8, 4) is 0 Å². The van der Waals surface area contributed by atoms with Crippen LogP contribution >= 0.6 is 0 Å². The fourth-order valence-corrected chi connectivity index (χ4v) is 4.83. The van der Waals surface area contributed by atoms with Crippen molar-refractivity contribution in [1.82, 2.24) is 24.5 Å². The van der Waals surface area contributed by atoms with E-state index in [9.17, 15) is 4.79 Å². The Kier molecular flexibility index (Phi) is 7.03. The summed E-state index contributed by atoms with van der Waals surface area (Å²) in [6.07, 6.45) is 9.60. The maximum atomic E-state index is 13.6. The second-order valence-electron chi connectivity index (χ2n) is 9.53. The van der Waals surface area contributed by atoms with E-state index in [4.69, 9.17) is 12.8 Å². The Labute approximate surface area is 213 Å². The minimum Gasteiger partial charge on any atom is -0.366 e. The number of amides is 1. The lowest BCUT2D eigenvalue weighted by Gasteiger charge is -2.27. The Morgan fingerprint density at radius 2 is 1.97 bits per heavy atom. The number of hydrogen-bond donors (Lipinski definition) is 1. The molecule has 1 amide bonds. The Bertz CT molecular complexity index is 1320. The zero-order valence-corrected chi connectivity index (χ0v) is 20.7. The second-order valence-corrected chi connectivity index (χ2v) is 9.53. The zero-order valence-electron chi connectivity index (χ0n) is 20.7. The number of nitrogens with one attached hydrogen (secondary N) is 1. The molecule has 36 heavy (non-hydrogen) atoms. The Balaban J connectivity index is 1.28. The van der Waals surface area contributed by atoms with Crippen LogP contribution in [0.5, 0.6) is 0 Å². The molecule has 0 spiro atoms. The molecule has 3 aromatic heterocycles. The van der Waals surface area contributed by atoms with Crippen LogP contribution in [0.25, 0.3) is 5.65 Å². The van der Waals surface area contributed by atoms with Crippen molar-refractivity contribution < 1.29 is 4.79 Å². The number of fused-ring (bicyclic) bond motifs is 1. The number of carbonyl (C=O) groups excluding carboxylic acids is 1. The van der Waals surface area contributed by atoms with Crippen molar-refractivity contribution in [3.63, 3.8) is 0 Å². The van der Waals surface area contributed by atoms with Crippen LogP contribution in [0.15, 0.2) is 67.1 Å². The minimum atomic E-state index is -0.330. The van der Waals surface area contributed by atoms with Crippen molar-refractivity contribution in [1.29, 1.82) is 0 Å². The van der Waals surface area contributed by atoms with Crippen LogP contribution in [0.3, 0.4) is 0 Å². The molecule has 1 saturated carbocycles. The van der Waals surface area contributed by atoms with Crippen LogP contribution in [-0.4, -0.2) is 51.3 Å². The molecule has 0 atom stereocenters. The van der Waals surface area contributed by atoms with E-state index in [0.717, 1.165) is 61.3 Å². The molecule has 1 N–H and O–H groups in total. The monoisotopic (exact) mass is 478 g/mol. The molecule has 8 heteroatoms. The molecule has 182 valence electrons. The molecule has 0 unspecified atom stereocenters. The van der Waals surface area contributed by atoms with Crippen LogP contribution in [0.4, 0.5) is 5.82 Å². The number of benzene rings is 1. The van der Waals surface area contributed by atoms with E-state index in [-0.39, 0.29) is 11.3 Å². The third-order valence-corrected chi connectivity index (χ3v) is 6.88. The fourth-order valence-electron chi connectivity index (χ4n) is 4.83. The average Bonchev–Trinajstić information content (AvgIpc) is 3.65. The Morgan fingerprint density at radius 1 is 1.14 bits per heavy atom. The Hall–Kier alpha value is -3.68. The smallest absolute Gasteiger partial charge is 0.233 e. The lowest BCUT2D eigenvalue weighted by Crippen LogP contribution is -2.40. The SMILES string of the molecule is [B]c1cnn2c(NCc3cccnc3)cc(CCCN(CCC)C(=O)C3(c4ccccc4)CC3)nc12. The summed E-state index contributed by atoms with van der Waals surface area (Å²) in [7, 11) is 6.15. The molecule has 3 heterocycles. The predicted octanol–water partition coefficient (Wildman–Crippen LogP) is 3.43. The van der Waals surface area contributed by atoms with Gasteiger partial charge in [0.2, 0.25) is 5.91 Å². The molecule has 5 rings (SSSR count). The van der Waals surface area contributed by atoms with Crippen molar-refractivity contribution in [3.05, 3.63) is 83.9 Å². The largest absolute Gasteiger partial charge is 0.366 e. The topological polar surface area (TPSA) is 75.4 Å². The average molecular weight is 478 g/mol. The lowest BCUT2D eigenvalue weighted by molar-refractivity contribution is -0.134. The highest BCUT2D eigenvalue weighted by Crippen LogP contribution is 2.49. The van der Waals surface area contributed by atoms with Crippen LogP contribution in [-0.2, 0) is 23.2 Å².